The molecule has 0 saturated heterocycles. The first kappa shape index (κ1) is 9.83. The summed E-state index contributed by atoms with van der Waals surface area (Å²) in [6.45, 7) is 1.91. The third-order valence-electron chi connectivity index (χ3n) is 2.38. The van der Waals surface area contributed by atoms with E-state index < -0.39 is 0 Å². The molecule has 2 aromatic heterocycles. The van der Waals surface area contributed by atoms with Crippen LogP contribution >= 0.6 is 11.8 Å². The number of hydrogen-bond donors (Lipinski definition) is 0. The standard InChI is InChI=1S/C9H11N5OS/c1-6-4-8(15-11-6)5-16-9-10-12-13-14(9)7-2-3-7/h4,7H,2-3,5H2,1H3. The molecule has 84 valence electrons. The highest BCUT2D eigenvalue weighted by Crippen LogP contribution is 2.36. The van der Waals surface area contributed by atoms with Gasteiger partial charge in [0, 0.05) is 6.07 Å². The predicted octanol–water partition coefficient (Wildman–Crippen LogP) is 1.60. The molecule has 0 spiro atoms. The SMILES string of the molecule is Cc1cc(CSc2nnnn2C2CC2)on1. The Morgan fingerprint density at radius 2 is 2.44 bits per heavy atom. The van der Waals surface area contributed by atoms with E-state index in [0.29, 0.717) is 11.8 Å². The lowest BCUT2D eigenvalue weighted by atomic mass is 10.4. The van der Waals surface area contributed by atoms with E-state index in [1.54, 1.807) is 11.8 Å². The Kier molecular flexibility index (Phi) is 2.39. The van der Waals surface area contributed by atoms with Crippen molar-refractivity contribution in [1.29, 1.82) is 0 Å². The number of tetrazole rings is 1. The number of rotatable bonds is 4. The average molecular weight is 237 g/mol. The smallest absolute Gasteiger partial charge is 0.210 e. The highest BCUT2D eigenvalue weighted by molar-refractivity contribution is 7.98. The lowest BCUT2D eigenvalue weighted by Crippen LogP contribution is -1.98. The molecule has 0 N–H and O–H groups in total. The minimum Gasteiger partial charge on any atom is -0.360 e. The van der Waals surface area contributed by atoms with E-state index in [2.05, 4.69) is 20.7 Å². The molecule has 2 aromatic rings. The van der Waals surface area contributed by atoms with E-state index in [0.717, 1.165) is 16.6 Å². The Labute approximate surface area is 96.4 Å². The van der Waals surface area contributed by atoms with Crippen molar-refractivity contribution in [2.75, 3.05) is 0 Å². The number of nitrogens with zero attached hydrogens (tertiary/aromatic N) is 5. The van der Waals surface area contributed by atoms with Crippen LogP contribution < -0.4 is 0 Å². The summed E-state index contributed by atoms with van der Waals surface area (Å²) in [6.07, 6.45) is 2.36. The molecule has 6 nitrogen and oxygen atoms in total. The maximum atomic E-state index is 5.13. The first-order valence-corrected chi connectivity index (χ1v) is 6.14. The van der Waals surface area contributed by atoms with Gasteiger partial charge in [0.1, 0.15) is 5.76 Å². The molecule has 0 aliphatic heterocycles. The summed E-state index contributed by atoms with van der Waals surface area (Å²) in [5, 5.41) is 16.4. The minimum atomic E-state index is 0.508. The molecular weight excluding hydrogens is 226 g/mol. The molecule has 0 bridgehead atoms. The van der Waals surface area contributed by atoms with Crippen LogP contribution in [0.3, 0.4) is 0 Å². The van der Waals surface area contributed by atoms with Gasteiger partial charge in [0.05, 0.1) is 17.5 Å². The Balaban J connectivity index is 1.67. The quantitative estimate of drug-likeness (QED) is 0.752. The predicted molar refractivity (Wildman–Crippen MR) is 56.9 cm³/mol. The van der Waals surface area contributed by atoms with Gasteiger partial charge in [-0.05, 0) is 30.2 Å². The van der Waals surface area contributed by atoms with Crippen LogP contribution in [0.1, 0.15) is 30.3 Å². The molecule has 1 fully saturated rings. The summed E-state index contributed by atoms with van der Waals surface area (Å²) in [6, 6.07) is 2.44. The van der Waals surface area contributed by atoms with Crippen LogP contribution in [0.15, 0.2) is 15.7 Å². The van der Waals surface area contributed by atoms with Crippen molar-refractivity contribution in [3.63, 3.8) is 0 Å². The van der Waals surface area contributed by atoms with E-state index in [9.17, 15) is 0 Å². The van der Waals surface area contributed by atoms with Crippen LogP contribution in [0, 0.1) is 6.92 Å². The Bertz CT molecular complexity index is 490. The lowest BCUT2D eigenvalue weighted by molar-refractivity contribution is 0.391. The van der Waals surface area contributed by atoms with Gasteiger partial charge in [0.15, 0.2) is 0 Å². The van der Waals surface area contributed by atoms with Crippen molar-refractivity contribution >= 4 is 11.8 Å². The van der Waals surface area contributed by atoms with Crippen molar-refractivity contribution in [1.82, 2.24) is 25.4 Å². The van der Waals surface area contributed by atoms with Crippen LogP contribution in [0.25, 0.3) is 0 Å². The Morgan fingerprint density at radius 3 is 3.12 bits per heavy atom. The highest BCUT2D eigenvalue weighted by atomic mass is 32.2. The molecule has 0 radical (unpaired) electrons. The van der Waals surface area contributed by atoms with Gasteiger partial charge in [-0.3, -0.25) is 0 Å². The number of hydrogen-bond acceptors (Lipinski definition) is 6. The van der Waals surface area contributed by atoms with Gasteiger partial charge in [0.2, 0.25) is 5.16 Å². The van der Waals surface area contributed by atoms with E-state index >= 15 is 0 Å². The molecule has 1 saturated carbocycles. The number of aryl methyl sites for hydroxylation is 1. The van der Waals surface area contributed by atoms with E-state index in [1.165, 1.54) is 12.8 Å². The van der Waals surface area contributed by atoms with Crippen molar-refractivity contribution in [2.24, 2.45) is 0 Å². The van der Waals surface area contributed by atoms with E-state index in [-0.39, 0.29) is 0 Å². The Hall–Kier alpha value is -1.37. The van der Waals surface area contributed by atoms with Gasteiger partial charge in [-0.25, -0.2) is 4.68 Å². The topological polar surface area (TPSA) is 69.6 Å². The van der Waals surface area contributed by atoms with Crippen LogP contribution in [-0.2, 0) is 5.75 Å². The van der Waals surface area contributed by atoms with Crippen molar-refractivity contribution in [2.45, 2.75) is 36.7 Å². The first-order valence-electron chi connectivity index (χ1n) is 5.16. The normalized spacial score (nSPS) is 15.6. The van der Waals surface area contributed by atoms with Gasteiger partial charge >= 0.3 is 0 Å². The fourth-order valence-corrected chi connectivity index (χ4v) is 2.27. The second kappa shape index (κ2) is 3.89. The van der Waals surface area contributed by atoms with E-state index in [4.69, 9.17) is 4.52 Å². The molecule has 0 aromatic carbocycles. The van der Waals surface area contributed by atoms with Crippen molar-refractivity contribution in [3.05, 3.63) is 17.5 Å². The number of aromatic nitrogens is 5. The zero-order valence-corrected chi connectivity index (χ0v) is 9.65. The summed E-state index contributed by atoms with van der Waals surface area (Å²) < 4.78 is 7.03. The third kappa shape index (κ3) is 1.95. The van der Waals surface area contributed by atoms with Gasteiger partial charge in [0.25, 0.3) is 0 Å². The molecule has 7 heteroatoms. The fourth-order valence-electron chi connectivity index (χ4n) is 1.45. The molecule has 0 atom stereocenters. The van der Waals surface area contributed by atoms with Crippen LogP contribution in [0.2, 0.25) is 0 Å². The van der Waals surface area contributed by atoms with Crippen LogP contribution in [0.4, 0.5) is 0 Å². The molecule has 16 heavy (non-hydrogen) atoms. The monoisotopic (exact) mass is 237 g/mol. The van der Waals surface area contributed by atoms with Crippen molar-refractivity contribution in [3.8, 4) is 0 Å². The van der Waals surface area contributed by atoms with Gasteiger partial charge in [-0.2, -0.15) is 0 Å². The summed E-state index contributed by atoms with van der Waals surface area (Å²) >= 11 is 1.58. The molecule has 0 unspecified atom stereocenters. The van der Waals surface area contributed by atoms with Gasteiger partial charge in [-0.1, -0.05) is 16.9 Å². The van der Waals surface area contributed by atoms with Gasteiger partial charge in [-0.15, -0.1) is 5.10 Å². The number of thioether (sulfide) groups is 1. The highest BCUT2D eigenvalue weighted by Gasteiger charge is 2.27. The van der Waals surface area contributed by atoms with Crippen molar-refractivity contribution < 1.29 is 4.52 Å². The second-order valence-electron chi connectivity index (χ2n) is 3.86. The maximum absolute atomic E-state index is 5.13. The molecule has 1 aliphatic rings. The van der Waals surface area contributed by atoms with Crippen LogP contribution in [-0.4, -0.2) is 25.4 Å². The Morgan fingerprint density at radius 1 is 1.56 bits per heavy atom. The second-order valence-corrected chi connectivity index (χ2v) is 4.80. The molecule has 1 aliphatic carbocycles. The minimum absolute atomic E-state index is 0.508. The van der Waals surface area contributed by atoms with Crippen LogP contribution in [0.5, 0.6) is 0 Å². The zero-order chi connectivity index (χ0) is 11.0. The van der Waals surface area contributed by atoms with Gasteiger partial charge < -0.3 is 4.52 Å². The molecule has 3 rings (SSSR count). The fraction of sp³-hybridized carbons (Fsp3) is 0.556. The maximum Gasteiger partial charge on any atom is 0.210 e. The summed E-state index contributed by atoms with van der Waals surface area (Å²) in [4.78, 5) is 0. The molecular formula is C9H11N5OS. The summed E-state index contributed by atoms with van der Waals surface area (Å²) in [5.74, 6) is 1.57. The molecule has 2 heterocycles. The van der Waals surface area contributed by atoms with E-state index in [1.807, 2.05) is 17.7 Å². The average Bonchev–Trinajstić information content (AvgIpc) is 2.86. The first-order chi connectivity index (χ1) is 7.83. The lowest BCUT2D eigenvalue weighted by Gasteiger charge is -1.99. The summed E-state index contributed by atoms with van der Waals surface area (Å²) in [5.41, 5.74) is 0.900. The largest absolute Gasteiger partial charge is 0.360 e. The summed E-state index contributed by atoms with van der Waals surface area (Å²) in [7, 11) is 0. The zero-order valence-electron chi connectivity index (χ0n) is 8.83. The molecule has 0 amide bonds. The third-order valence-corrected chi connectivity index (χ3v) is 3.33.